The first-order valence-electron chi connectivity index (χ1n) is 11.4. The van der Waals surface area contributed by atoms with Crippen LogP contribution in [0.25, 0.3) is 0 Å². The fourth-order valence-corrected chi connectivity index (χ4v) is 4.40. The number of carbonyl (C=O) groups excluding carboxylic acids is 1. The fraction of sp³-hybridized carbons (Fsp3) is 0.950. The maximum atomic E-state index is 11.9. The number of carbonyl (C=O) groups is 1. The summed E-state index contributed by atoms with van der Waals surface area (Å²) in [5.74, 6) is -0.653. The Morgan fingerprint density at radius 2 is 1.33 bits per heavy atom. The summed E-state index contributed by atoms with van der Waals surface area (Å²) in [6.45, 7) is 1.02. The van der Waals surface area contributed by atoms with E-state index < -0.39 is 111 Å². The highest BCUT2D eigenvalue weighted by Gasteiger charge is 2.53. The zero-order valence-corrected chi connectivity index (χ0v) is 19.5. The minimum absolute atomic E-state index is 0.653. The minimum atomic E-state index is -1.85. The van der Waals surface area contributed by atoms with E-state index >= 15 is 0 Å². The SMILES string of the molecule is CC(=O)N[C@H]1[C@H](O[C@@H]2[C@@H](O)[C@H](O)O[C@H](CO)[C@@H]2O)O[C@H](CO)[C@@H](O[C@H]2O[C@H](C)[C@H](O)[C@H](O)[C@H]2O)[C@@H]1O. The van der Waals surface area contributed by atoms with Crippen LogP contribution in [0.15, 0.2) is 0 Å². The molecule has 0 spiro atoms. The highest BCUT2D eigenvalue weighted by Crippen LogP contribution is 2.32. The molecule has 0 radical (unpaired) electrons. The molecule has 0 aliphatic carbocycles. The van der Waals surface area contributed by atoms with Gasteiger partial charge in [0.15, 0.2) is 18.9 Å². The molecule has 0 aromatic rings. The van der Waals surface area contributed by atoms with Crippen molar-refractivity contribution in [2.24, 2.45) is 0 Å². The molecule has 0 unspecified atom stereocenters. The highest BCUT2D eigenvalue weighted by atomic mass is 16.7. The molecule has 0 aromatic heterocycles. The Bertz CT molecular complexity index is 731. The maximum absolute atomic E-state index is 11.9. The van der Waals surface area contributed by atoms with Gasteiger partial charge in [-0.2, -0.15) is 0 Å². The lowest BCUT2D eigenvalue weighted by atomic mass is 9.94. The Kier molecular flexibility index (Phi) is 9.97. The molecule has 36 heavy (non-hydrogen) atoms. The zero-order chi connectivity index (χ0) is 26.9. The molecule has 15 atom stereocenters. The third kappa shape index (κ3) is 5.97. The van der Waals surface area contributed by atoms with Gasteiger partial charge in [0, 0.05) is 6.92 Å². The molecule has 0 saturated carbocycles. The van der Waals surface area contributed by atoms with Crippen LogP contribution in [0.4, 0.5) is 0 Å². The van der Waals surface area contributed by atoms with Crippen molar-refractivity contribution in [1.82, 2.24) is 5.32 Å². The third-order valence-corrected chi connectivity index (χ3v) is 6.45. The summed E-state index contributed by atoms with van der Waals surface area (Å²) in [6.07, 6.45) is -21.8. The lowest BCUT2D eigenvalue weighted by molar-refractivity contribution is -0.363. The Labute approximate surface area is 205 Å². The molecule has 210 valence electrons. The van der Waals surface area contributed by atoms with Gasteiger partial charge >= 0.3 is 0 Å². The van der Waals surface area contributed by atoms with Crippen LogP contribution in [0.5, 0.6) is 0 Å². The molecule has 3 aliphatic heterocycles. The first-order valence-corrected chi connectivity index (χ1v) is 11.4. The fourth-order valence-electron chi connectivity index (χ4n) is 4.40. The third-order valence-electron chi connectivity index (χ3n) is 6.45. The average Bonchev–Trinajstić information content (AvgIpc) is 2.84. The van der Waals surface area contributed by atoms with Crippen molar-refractivity contribution in [3.05, 3.63) is 0 Å². The van der Waals surface area contributed by atoms with Crippen molar-refractivity contribution in [2.75, 3.05) is 13.2 Å². The number of aliphatic hydroxyl groups excluding tert-OH is 9. The second-order valence-corrected chi connectivity index (χ2v) is 9.05. The van der Waals surface area contributed by atoms with E-state index in [1.807, 2.05) is 0 Å². The molecule has 16 heteroatoms. The number of aliphatic hydroxyl groups is 9. The molecule has 3 rings (SSSR count). The van der Waals surface area contributed by atoms with Crippen molar-refractivity contribution >= 4 is 5.91 Å². The van der Waals surface area contributed by atoms with E-state index in [1.54, 1.807) is 0 Å². The van der Waals surface area contributed by atoms with Crippen molar-refractivity contribution in [2.45, 2.75) is 106 Å². The number of nitrogens with one attached hydrogen (secondary N) is 1. The van der Waals surface area contributed by atoms with E-state index in [2.05, 4.69) is 5.32 Å². The lowest BCUT2D eigenvalue weighted by Crippen LogP contribution is -2.69. The Balaban J connectivity index is 1.82. The molecule has 16 nitrogen and oxygen atoms in total. The Morgan fingerprint density at radius 1 is 0.722 bits per heavy atom. The summed E-state index contributed by atoms with van der Waals surface area (Å²) in [5, 5.41) is 93.5. The van der Waals surface area contributed by atoms with Gasteiger partial charge in [-0.15, -0.1) is 0 Å². The molecule has 10 N–H and O–H groups in total. The predicted molar refractivity (Wildman–Crippen MR) is 111 cm³/mol. The first kappa shape index (κ1) is 29.5. The molecule has 0 aromatic carbocycles. The summed E-state index contributed by atoms with van der Waals surface area (Å²) >= 11 is 0. The van der Waals surface area contributed by atoms with E-state index in [9.17, 15) is 50.8 Å². The number of hydrogen-bond donors (Lipinski definition) is 10. The second-order valence-electron chi connectivity index (χ2n) is 9.05. The van der Waals surface area contributed by atoms with Gasteiger partial charge in [0.1, 0.15) is 67.1 Å². The van der Waals surface area contributed by atoms with Crippen LogP contribution in [-0.2, 0) is 28.5 Å². The molecular weight excluding hydrogens is 494 g/mol. The van der Waals surface area contributed by atoms with Crippen LogP contribution >= 0.6 is 0 Å². The predicted octanol–water partition coefficient (Wildman–Crippen LogP) is -6.40. The Morgan fingerprint density at radius 3 is 1.92 bits per heavy atom. The quantitative estimate of drug-likeness (QED) is 0.147. The van der Waals surface area contributed by atoms with Gasteiger partial charge in [-0.3, -0.25) is 4.79 Å². The summed E-state index contributed by atoms with van der Waals surface area (Å²) in [7, 11) is 0. The van der Waals surface area contributed by atoms with Gasteiger partial charge < -0.3 is 75.0 Å². The second kappa shape index (κ2) is 12.2. The largest absolute Gasteiger partial charge is 0.394 e. The van der Waals surface area contributed by atoms with Crippen LogP contribution < -0.4 is 5.32 Å². The van der Waals surface area contributed by atoms with Gasteiger partial charge in [0.05, 0.1) is 19.3 Å². The van der Waals surface area contributed by atoms with Gasteiger partial charge in [-0.25, -0.2) is 0 Å². The monoisotopic (exact) mass is 529 g/mol. The van der Waals surface area contributed by atoms with Crippen LogP contribution in [0.3, 0.4) is 0 Å². The minimum Gasteiger partial charge on any atom is -0.394 e. The average molecular weight is 529 g/mol. The van der Waals surface area contributed by atoms with Crippen molar-refractivity contribution in [1.29, 1.82) is 0 Å². The van der Waals surface area contributed by atoms with E-state index in [-0.39, 0.29) is 0 Å². The highest BCUT2D eigenvalue weighted by molar-refractivity contribution is 5.73. The standard InChI is InChI=1S/C20H35NO15/c1-5-10(25)13(28)14(29)20(32-5)35-16-8(4-23)34-19(9(12(16)27)21-6(2)24)36-17-11(26)7(3-22)33-18(31)15(17)30/h5,7-20,22-23,25-31H,3-4H2,1-2H3,(H,21,24)/t5-,7-,8-,9-,10+,11+,12-,13+,14-,15-,16-,17+,18-,19+,20-/m1/s1. The molecule has 0 bridgehead atoms. The van der Waals surface area contributed by atoms with Gasteiger partial charge in [-0.1, -0.05) is 0 Å². The molecular formula is C20H35NO15. The summed E-state index contributed by atoms with van der Waals surface area (Å²) in [4.78, 5) is 11.9. The van der Waals surface area contributed by atoms with Gasteiger partial charge in [0.25, 0.3) is 0 Å². The summed E-state index contributed by atoms with van der Waals surface area (Å²) < 4.78 is 27.2. The maximum Gasteiger partial charge on any atom is 0.217 e. The lowest BCUT2D eigenvalue weighted by Gasteiger charge is -2.48. The van der Waals surface area contributed by atoms with Gasteiger partial charge in [-0.05, 0) is 6.92 Å². The number of amides is 1. The van der Waals surface area contributed by atoms with Crippen LogP contribution in [0, 0.1) is 0 Å². The Hall–Kier alpha value is -1.09. The number of ether oxygens (including phenoxy) is 5. The number of hydrogen-bond acceptors (Lipinski definition) is 15. The van der Waals surface area contributed by atoms with Crippen molar-refractivity contribution in [3.63, 3.8) is 0 Å². The van der Waals surface area contributed by atoms with E-state index in [0.29, 0.717) is 0 Å². The number of rotatable bonds is 7. The van der Waals surface area contributed by atoms with E-state index in [4.69, 9.17) is 23.7 Å². The van der Waals surface area contributed by atoms with Gasteiger partial charge in [0.2, 0.25) is 5.91 Å². The van der Waals surface area contributed by atoms with Crippen LogP contribution in [-0.4, -0.2) is 157 Å². The molecule has 3 aliphatic rings. The molecule has 1 amide bonds. The molecule has 3 heterocycles. The van der Waals surface area contributed by atoms with E-state index in [0.717, 1.165) is 6.92 Å². The zero-order valence-electron chi connectivity index (χ0n) is 19.5. The normalized spacial score (nSPS) is 50.0. The molecule has 3 saturated heterocycles. The van der Waals surface area contributed by atoms with Crippen LogP contribution in [0.1, 0.15) is 13.8 Å². The van der Waals surface area contributed by atoms with E-state index in [1.165, 1.54) is 6.92 Å². The smallest absolute Gasteiger partial charge is 0.217 e. The van der Waals surface area contributed by atoms with Crippen molar-refractivity contribution < 1.29 is 74.4 Å². The topological polar surface area (TPSA) is 257 Å². The summed E-state index contributed by atoms with van der Waals surface area (Å²) in [5.41, 5.74) is 0. The van der Waals surface area contributed by atoms with Crippen LogP contribution in [0.2, 0.25) is 0 Å². The summed E-state index contributed by atoms with van der Waals surface area (Å²) in [6, 6.07) is -1.43. The molecule has 3 fully saturated rings. The van der Waals surface area contributed by atoms with Crippen molar-refractivity contribution in [3.8, 4) is 0 Å². The first-order chi connectivity index (χ1) is 16.9.